The first-order valence-corrected chi connectivity index (χ1v) is 6.21. The topological polar surface area (TPSA) is 17.3 Å². The molecular formula is C16H16N2. The molecule has 0 unspecified atom stereocenters. The van der Waals surface area contributed by atoms with E-state index in [1.807, 2.05) is 6.20 Å². The Morgan fingerprint density at radius 2 is 1.78 bits per heavy atom. The second kappa shape index (κ2) is 4.30. The van der Waals surface area contributed by atoms with Gasteiger partial charge in [-0.15, -0.1) is 0 Å². The van der Waals surface area contributed by atoms with Crippen molar-refractivity contribution >= 4 is 5.52 Å². The Kier molecular flexibility index (Phi) is 2.63. The maximum Gasteiger partial charge on any atom is 0.117 e. The van der Waals surface area contributed by atoms with Crippen LogP contribution in [0, 0.1) is 13.8 Å². The van der Waals surface area contributed by atoms with Crippen LogP contribution in [0.5, 0.6) is 0 Å². The molecule has 0 aliphatic rings. The van der Waals surface area contributed by atoms with Crippen molar-refractivity contribution in [2.45, 2.75) is 20.3 Å². The molecule has 0 radical (unpaired) electrons. The van der Waals surface area contributed by atoms with Crippen molar-refractivity contribution in [3.05, 3.63) is 71.3 Å². The minimum absolute atomic E-state index is 0.874. The molecule has 0 N–H and O–H groups in total. The molecule has 0 spiro atoms. The van der Waals surface area contributed by atoms with Crippen molar-refractivity contribution in [3.63, 3.8) is 0 Å². The van der Waals surface area contributed by atoms with Crippen molar-refractivity contribution < 1.29 is 0 Å². The molecule has 0 atom stereocenters. The van der Waals surface area contributed by atoms with E-state index in [0.717, 1.165) is 17.8 Å². The van der Waals surface area contributed by atoms with Crippen molar-refractivity contribution in [1.82, 2.24) is 9.38 Å². The summed E-state index contributed by atoms with van der Waals surface area (Å²) in [6, 6.07) is 14.9. The molecule has 0 fully saturated rings. The second-order valence-corrected chi connectivity index (χ2v) is 4.76. The molecule has 90 valence electrons. The molecule has 3 aromatic rings. The molecule has 0 aliphatic heterocycles. The van der Waals surface area contributed by atoms with E-state index in [1.165, 1.54) is 16.8 Å². The molecule has 2 aromatic heterocycles. The van der Waals surface area contributed by atoms with Crippen LogP contribution in [-0.4, -0.2) is 9.38 Å². The molecule has 0 saturated carbocycles. The van der Waals surface area contributed by atoms with E-state index in [9.17, 15) is 0 Å². The summed E-state index contributed by atoms with van der Waals surface area (Å²) in [5.74, 6) is 1.10. The molecule has 0 amide bonds. The summed E-state index contributed by atoms with van der Waals surface area (Å²) in [5.41, 5.74) is 4.99. The Morgan fingerprint density at radius 1 is 1.00 bits per heavy atom. The average Bonchev–Trinajstić information content (AvgIpc) is 2.77. The minimum atomic E-state index is 0.874. The Morgan fingerprint density at radius 3 is 2.56 bits per heavy atom. The molecule has 0 bridgehead atoms. The fourth-order valence-electron chi connectivity index (χ4n) is 2.30. The third-order valence-corrected chi connectivity index (χ3v) is 3.30. The number of nitrogens with zero attached hydrogens (tertiary/aromatic N) is 2. The molecule has 1 aromatic carbocycles. The zero-order valence-corrected chi connectivity index (χ0v) is 10.7. The number of rotatable bonds is 2. The van der Waals surface area contributed by atoms with E-state index in [0.29, 0.717) is 0 Å². The monoisotopic (exact) mass is 236 g/mol. The SMILES string of the molecule is Cc1ccc(Cc2ncc3cccc(C)n23)cc1. The molecule has 2 nitrogen and oxygen atoms in total. The standard InChI is InChI=1S/C16H16N2/c1-12-6-8-14(9-7-12)10-16-17-11-15-5-3-4-13(2)18(15)16/h3-9,11H,10H2,1-2H3. The Bertz CT molecular complexity index is 678. The predicted molar refractivity (Wildman–Crippen MR) is 73.9 cm³/mol. The van der Waals surface area contributed by atoms with E-state index in [4.69, 9.17) is 0 Å². The van der Waals surface area contributed by atoms with Crippen LogP contribution >= 0.6 is 0 Å². The first-order valence-electron chi connectivity index (χ1n) is 6.21. The fraction of sp³-hybridized carbons (Fsp3) is 0.188. The zero-order chi connectivity index (χ0) is 12.5. The van der Waals surface area contributed by atoms with Gasteiger partial charge in [0, 0.05) is 12.1 Å². The summed E-state index contributed by atoms with van der Waals surface area (Å²) in [4.78, 5) is 4.54. The zero-order valence-electron chi connectivity index (χ0n) is 10.7. The summed E-state index contributed by atoms with van der Waals surface area (Å²) in [7, 11) is 0. The largest absolute Gasteiger partial charge is 0.301 e. The lowest BCUT2D eigenvalue weighted by Crippen LogP contribution is -1.99. The maximum atomic E-state index is 4.54. The van der Waals surface area contributed by atoms with Gasteiger partial charge in [-0.25, -0.2) is 4.98 Å². The third-order valence-electron chi connectivity index (χ3n) is 3.30. The number of aromatic nitrogens is 2. The normalized spacial score (nSPS) is 11.0. The van der Waals surface area contributed by atoms with Crippen molar-refractivity contribution in [1.29, 1.82) is 0 Å². The van der Waals surface area contributed by atoms with Crippen LogP contribution in [0.2, 0.25) is 0 Å². The van der Waals surface area contributed by atoms with Crippen molar-refractivity contribution in [2.75, 3.05) is 0 Å². The molecule has 2 heterocycles. The maximum absolute atomic E-state index is 4.54. The van der Waals surface area contributed by atoms with Gasteiger partial charge >= 0.3 is 0 Å². The summed E-state index contributed by atoms with van der Waals surface area (Å²) in [6.45, 7) is 4.23. The highest BCUT2D eigenvalue weighted by Crippen LogP contribution is 2.14. The number of benzene rings is 1. The number of imidazole rings is 1. The molecule has 18 heavy (non-hydrogen) atoms. The molecule has 3 rings (SSSR count). The highest BCUT2D eigenvalue weighted by Gasteiger charge is 2.06. The van der Waals surface area contributed by atoms with Crippen LogP contribution in [0.15, 0.2) is 48.7 Å². The van der Waals surface area contributed by atoms with E-state index in [-0.39, 0.29) is 0 Å². The van der Waals surface area contributed by atoms with Crippen LogP contribution < -0.4 is 0 Å². The minimum Gasteiger partial charge on any atom is -0.301 e. The smallest absolute Gasteiger partial charge is 0.117 e. The van der Waals surface area contributed by atoms with Gasteiger partial charge in [-0.3, -0.25) is 0 Å². The lowest BCUT2D eigenvalue weighted by Gasteiger charge is -2.05. The molecule has 0 saturated heterocycles. The van der Waals surface area contributed by atoms with E-state index >= 15 is 0 Å². The summed E-state index contributed by atoms with van der Waals surface area (Å²) >= 11 is 0. The van der Waals surface area contributed by atoms with Gasteiger partial charge in [0.1, 0.15) is 5.82 Å². The highest BCUT2D eigenvalue weighted by molar-refractivity contribution is 5.47. The van der Waals surface area contributed by atoms with Gasteiger partial charge in [-0.2, -0.15) is 0 Å². The van der Waals surface area contributed by atoms with E-state index in [1.54, 1.807) is 0 Å². The van der Waals surface area contributed by atoms with Gasteiger partial charge in [0.05, 0.1) is 11.7 Å². The number of fused-ring (bicyclic) bond motifs is 1. The van der Waals surface area contributed by atoms with Gasteiger partial charge in [-0.1, -0.05) is 35.9 Å². The first kappa shape index (κ1) is 11.0. The summed E-state index contributed by atoms with van der Waals surface area (Å²) in [5, 5.41) is 0. The lowest BCUT2D eigenvalue weighted by molar-refractivity contribution is 0.932. The molecular weight excluding hydrogens is 220 g/mol. The van der Waals surface area contributed by atoms with Gasteiger partial charge in [0.15, 0.2) is 0 Å². The Balaban J connectivity index is 2.02. The predicted octanol–water partition coefficient (Wildman–Crippen LogP) is 3.54. The van der Waals surface area contributed by atoms with Crippen LogP contribution in [0.1, 0.15) is 22.6 Å². The van der Waals surface area contributed by atoms with Gasteiger partial charge in [-0.05, 0) is 31.5 Å². The van der Waals surface area contributed by atoms with E-state index < -0.39 is 0 Å². The van der Waals surface area contributed by atoms with Crippen molar-refractivity contribution in [2.24, 2.45) is 0 Å². The number of hydrogen-bond donors (Lipinski definition) is 0. The van der Waals surface area contributed by atoms with Gasteiger partial charge in [0.2, 0.25) is 0 Å². The summed E-state index contributed by atoms with van der Waals surface area (Å²) in [6.07, 6.45) is 2.82. The number of aryl methyl sites for hydroxylation is 2. The van der Waals surface area contributed by atoms with Gasteiger partial charge < -0.3 is 4.40 Å². The van der Waals surface area contributed by atoms with E-state index in [2.05, 4.69) is 65.7 Å². The average molecular weight is 236 g/mol. The quantitative estimate of drug-likeness (QED) is 0.665. The second-order valence-electron chi connectivity index (χ2n) is 4.76. The van der Waals surface area contributed by atoms with Crippen LogP contribution in [0.4, 0.5) is 0 Å². The highest BCUT2D eigenvalue weighted by atomic mass is 15.0. The van der Waals surface area contributed by atoms with Crippen LogP contribution in [-0.2, 0) is 6.42 Å². The van der Waals surface area contributed by atoms with Gasteiger partial charge in [0.25, 0.3) is 0 Å². The van der Waals surface area contributed by atoms with Crippen LogP contribution in [0.3, 0.4) is 0 Å². The first-order chi connectivity index (χ1) is 8.74. The lowest BCUT2D eigenvalue weighted by atomic mass is 10.1. The summed E-state index contributed by atoms with van der Waals surface area (Å²) < 4.78 is 2.22. The Hall–Kier alpha value is -2.09. The number of hydrogen-bond acceptors (Lipinski definition) is 1. The van der Waals surface area contributed by atoms with Crippen LogP contribution in [0.25, 0.3) is 5.52 Å². The fourth-order valence-corrected chi connectivity index (χ4v) is 2.30. The Labute approximate surface area is 107 Å². The third kappa shape index (κ3) is 1.90. The van der Waals surface area contributed by atoms with Crippen molar-refractivity contribution in [3.8, 4) is 0 Å². The molecule has 2 heteroatoms. The number of pyridine rings is 1. The molecule has 0 aliphatic carbocycles.